The summed E-state index contributed by atoms with van der Waals surface area (Å²) >= 11 is 0. The number of hydrogen-bond donors (Lipinski definition) is 5. The highest BCUT2D eigenvalue weighted by molar-refractivity contribution is 6.47. The van der Waals surface area contributed by atoms with Gasteiger partial charge in [0.05, 0.1) is 6.61 Å². The zero-order valence-electron chi connectivity index (χ0n) is 15.2. The minimum Gasteiger partial charge on any atom is -0.399 e. The number of nitrogens with two attached hydrogens (primary N) is 2. The zero-order valence-corrected chi connectivity index (χ0v) is 15.2. The van der Waals surface area contributed by atoms with Gasteiger partial charge in [-0.25, -0.2) is 9.98 Å². The van der Waals surface area contributed by atoms with E-state index in [1.165, 1.54) is 6.34 Å². The minimum absolute atomic E-state index is 0.172. The summed E-state index contributed by atoms with van der Waals surface area (Å²) in [5, 5.41) is 29.6. The number of aliphatic hydroxyl groups is 3. The summed E-state index contributed by atoms with van der Waals surface area (Å²) < 4.78 is 5.60. The lowest BCUT2D eigenvalue weighted by molar-refractivity contribution is -0.0688. The molecule has 1 aromatic rings. The van der Waals surface area contributed by atoms with E-state index in [0.717, 1.165) is 5.56 Å². The largest absolute Gasteiger partial charge is 0.399 e. The number of fused-ring (bicyclic) bond motifs is 1. The van der Waals surface area contributed by atoms with Gasteiger partial charge in [-0.1, -0.05) is 12.1 Å². The number of amidine groups is 1. The molecule has 10 heteroatoms. The second kappa shape index (κ2) is 7.22. The molecule has 0 amide bonds. The maximum atomic E-state index is 10.3. The number of anilines is 1. The van der Waals surface area contributed by atoms with E-state index in [1.807, 2.05) is 24.3 Å². The highest BCUT2D eigenvalue weighted by atomic mass is 16.6. The number of aryl methyl sites for hydroxylation is 1. The summed E-state index contributed by atoms with van der Waals surface area (Å²) in [6.07, 6.45) is -1.56. The van der Waals surface area contributed by atoms with Crippen molar-refractivity contribution in [3.05, 3.63) is 29.8 Å². The van der Waals surface area contributed by atoms with E-state index >= 15 is 0 Å². The number of benzene rings is 1. The van der Waals surface area contributed by atoms with Crippen LogP contribution in [-0.2, 0) is 11.2 Å². The van der Waals surface area contributed by atoms with E-state index in [1.54, 1.807) is 4.90 Å². The van der Waals surface area contributed by atoms with Crippen molar-refractivity contribution < 1.29 is 20.1 Å². The monoisotopic (exact) mass is 388 g/mol. The quantitative estimate of drug-likeness (QED) is 0.381. The van der Waals surface area contributed by atoms with Gasteiger partial charge in [-0.15, -0.1) is 0 Å². The predicted octanol–water partition coefficient (Wildman–Crippen LogP) is -1.55. The summed E-state index contributed by atoms with van der Waals surface area (Å²) in [4.78, 5) is 14.8. The molecule has 0 aromatic heterocycles. The normalized spacial score (nSPS) is 34.4. The van der Waals surface area contributed by atoms with Crippen molar-refractivity contribution >= 4 is 23.6 Å². The highest BCUT2D eigenvalue weighted by Gasteiger charge is 2.50. The van der Waals surface area contributed by atoms with Crippen LogP contribution in [0, 0.1) is 0 Å². The fraction of sp³-hybridized carbons (Fsp3) is 0.500. The maximum Gasteiger partial charge on any atom is 0.162 e. The van der Waals surface area contributed by atoms with E-state index in [0.29, 0.717) is 30.1 Å². The number of hydrogen-bond acceptors (Lipinski definition) is 10. The molecule has 150 valence electrons. The van der Waals surface area contributed by atoms with Crippen molar-refractivity contribution in [2.75, 3.05) is 19.0 Å². The molecule has 5 atom stereocenters. The van der Waals surface area contributed by atoms with Gasteiger partial charge in [-0.05, 0) is 30.5 Å². The lowest BCUT2D eigenvalue weighted by Crippen LogP contribution is -2.55. The van der Waals surface area contributed by atoms with Crippen LogP contribution in [0.4, 0.5) is 5.69 Å². The first-order chi connectivity index (χ1) is 13.4. The average Bonchev–Trinajstić information content (AvgIpc) is 3.24. The van der Waals surface area contributed by atoms with Crippen molar-refractivity contribution in [1.29, 1.82) is 0 Å². The Kier molecular flexibility index (Phi) is 4.89. The van der Waals surface area contributed by atoms with Crippen LogP contribution in [0.2, 0.25) is 0 Å². The Morgan fingerprint density at radius 3 is 2.64 bits per heavy atom. The summed E-state index contributed by atoms with van der Waals surface area (Å²) in [6.45, 7) is -0.225. The Labute approximate surface area is 161 Å². The van der Waals surface area contributed by atoms with Crippen LogP contribution in [0.5, 0.6) is 0 Å². The molecule has 10 nitrogen and oxygen atoms in total. The van der Waals surface area contributed by atoms with Crippen molar-refractivity contribution in [3.63, 3.8) is 0 Å². The van der Waals surface area contributed by atoms with Crippen molar-refractivity contribution in [2.45, 2.75) is 43.0 Å². The molecule has 3 aliphatic heterocycles. The van der Waals surface area contributed by atoms with Gasteiger partial charge in [-0.2, -0.15) is 0 Å². The van der Waals surface area contributed by atoms with Crippen LogP contribution in [0.3, 0.4) is 0 Å². The van der Waals surface area contributed by atoms with Crippen LogP contribution in [0.25, 0.3) is 0 Å². The molecule has 0 aliphatic carbocycles. The predicted molar refractivity (Wildman–Crippen MR) is 104 cm³/mol. The van der Waals surface area contributed by atoms with E-state index in [-0.39, 0.29) is 6.67 Å². The minimum atomic E-state index is -1.20. The molecule has 4 rings (SSSR count). The molecule has 0 radical (unpaired) electrons. The molecule has 3 aliphatic rings. The lowest BCUT2D eigenvalue weighted by Gasteiger charge is -2.32. The number of aliphatic imine (C=N–C) groups is 3. The number of nitrogens with zero attached hydrogens (tertiary/aromatic N) is 4. The van der Waals surface area contributed by atoms with E-state index in [2.05, 4.69) is 15.0 Å². The summed E-state index contributed by atoms with van der Waals surface area (Å²) in [5.41, 5.74) is 13.5. The van der Waals surface area contributed by atoms with Crippen LogP contribution < -0.4 is 11.5 Å². The third-order valence-corrected chi connectivity index (χ3v) is 5.34. The smallest absolute Gasteiger partial charge is 0.162 e. The van der Waals surface area contributed by atoms with Crippen molar-refractivity contribution in [1.82, 2.24) is 4.90 Å². The zero-order chi connectivity index (χ0) is 19.9. The molecule has 1 saturated heterocycles. The van der Waals surface area contributed by atoms with E-state index in [4.69, 9.17) is 16.2 Å². The number of nitrogen functional groups attached to an aromatic ring is 1. The summed E-state index contributed by atoms with van der Waals surface area (Å²) in [5.74, 6) is 0.463. The molecule has 3 heterocycles. The average molecular weight is 388 g/mol. The van der Waals surface area contributed by atoms with Gasteiger partial charge in [0.1, 0.15) is 37.0 Å². The first-order valence-electron chi connectivity index (χ1n) is 9.12. The fourth-order valence-electron chi connectivity index (χ4n) is 3.67. The van der Waals surface area contributed by atoms with Crippen molar-refractivity contribution in [2.24, 2.45) is 20.7 Å². The van der Waals surface area contributed by atoms with E-state index in [9.17, 15) is 15.3 Å². The third kappa shape index (κ3) is 3.19. The summed E-state index contributed by atoms with van der Waals surface area (Å²) in [6, 6.07) is 7.57. The molecule has 0 spiro atoms. The number of rotatable bonds is 5. The van der Waals surface area contributed by atoms with Gasteiger partial charge in [0.2, 0.25) is 0 Å². The van der Waals surface area contributed by atoms with Gasteiger partial charge in [-0.3, -0.25) is 4.99 Å². The van der Waals surface area contributed by atoms with Gasteiger partial charge < -0.3 is 36.4 Å². The van der Waals surface area contributed by atoms with Gasteiger partial charge in [0, 0.05) is 5.69 Å². The standard InChI is InChI=1S/C18H24N6O4/c19-11-3-1-10(2-4-11)5-6-18(20)15-16(21-8-23-18)24(9-22-15)17-14(27)13(26)12(7-25)28-17/h1-4,8,12-14,17,25-27H,5-7,9,19-20H2/t12-,13-,14-,17-,18?/m1/s1. The molecule has 0 saturated carbocycles. The second-order valence-electron chi connectivity index (χ2n) is 7.21. The topological polar surface area (TPSA) is 162 Å². The lowest BCUT2D eigenvalue weighted by atomic mass is 9.94. The van der Waals surface area contributed by atoms with Crippen LogP contribution in [0.15, 0.2) is 39.2 Å². The summed E-state index contributed by atoms with van der Waals surface area (Å²) in [7, 11) is 0. The maximum absolute atomic E-state index is 10.3. The number of ether oxygens (including phenoxy) is 1. The first-order valence-corrected chi connectivity index (χ1v) is 9.12. The Balaban J connectivity index is 1.49. The molecule has 0 bridgehead atoms. The van der Waals surface area contributed by atoms with Gasteiger partial charge in [0.15, 0.2) is 17.7 Å². The second-order valence-corrected chi connectivity index (χ2v) is 7.21. The first kappa shape index (κ1) is 19.0. The van der Waals surface area contributed by atoms with Crippen LogP contribution in [0.1, 0.15) is 12.0 Å². The molecular weight excluding hydrogens is 364 g/mol. The Morgan fingerprint density at radius 1 is 1.21 bits per heavy atom. The van der Waals surface area contributed by atoms with Crippen LogP contribution in [-0.4, -0.2) is 81.6 Å². The molecule has 1 unspecified atom stereocenters. The van der Waals surface area contributed by atoms with Crippen LogP contribution >= 0.6 is 0 Å². The highest BCUT2D eigenvalue weighted by Crippen LogP contribution is 2.30. The molecular formula is C18H24N6O4. The van der Waals surface area contributed by atoms with Gasteiger partial charge in [0.25, 0.3) is 0 Å². The molecule has 7 N–H and O–H groups in total. The number of aliphatic hydroxyl groups excluding tert-OH is 3. The van der Waals surface area contributed by atoms with Crippen molar-refractivity contribution in [3.8, 4) is 0 Å². The fourth-order valence-corrected chi connectivity index (χ4v) is 3.67. The van der Waals surface area contributed by atoms with E-state index < -0.39 is 36.8 Å². The molecule has 28 heavy (non-hydrogen) atoms. The SMILES string of the molecule is Nc1ccc(CCC2(N)N=CN=C3C2=NCN3[C@@H]2O[C@H](CO)[C@@H](O)[C@H]2O)cc1. The third-order valence-electron chi connectivity index (χ3n) is 5.34. The Morgan fingerprint density at radius 2 is 1.96 bits per heavy atom. The molecule has 1 fully saturated rings. The van der Waals surface area contributed by atoms with Gasteiger partial charge >= 0.3 is 0 Å². The Hall–Kier alpha value is -2.37. The molecule has 1 aromatic carbocycles. The Bertz CT molecular complexity index is 826.